The smallest absolute Gasteiger partial charge is 0.433 e. The van der Waals surface area contributed by atoms with Gasteiger partial charge in [0.2, 0.25) is 0 Å². The average Bonchev–Trinajstić information content (AvgIpc) is 3.34. The van der Waals surface area contributed by atoms with Crippen LogP contribution >= 0.6 is 0 Å². The number of aromatic nitrogens is 6. The van der Waals surface area contributed by atoms with Gasteiger partial charge in [-0.3, -0.25) is 4.79 Å². The number of aliphatic hydroxyl groups excluding tert-OH is 2. The van der Waals surface area contributed by atoms with E-state index in [0.717, 1.165) is 30.6 Å². The topological polar surface area (TPSA) is 192 Å². The minimum Gasteiger partial charge on any atom is -0.455 e. The van der Waals surface area contributed by atoms with Crippen molar-refractivity contribution in [2.24, 2.45) is 0 Å². The number of anilines is 6. The SMILES string of the molecule is CC#CC(=O)Nc1ccc2ncnc(Nc3ccc(Oc4ccc(C(F)(F)F)nc4)c(C[n+]4cnc(Nc5ccc(Oc6ccc(C(F)(F)F)nc6)c(C)c5)c5cc(NC(O)C#CCCO)ccc54)c3)c2c1. The van der Waals surface area contributed by atoms with E-state index in [2.05, 4.69) is 64.9 Å². The summed E-state index contributed by atoms with van der Waals surface area (Å²) in [5.41, 5.74) is 2.15. The first-order valence-corrected chi connectivity index (χ1v) is 21.6. The number of aliphatic hydroxyl groups is 2. The van der Waals surface area contributed by atoms with E-state index in [1.54, 1.807) is 97.5 Å². The lowest BCUT2D eigenvalue weighted by atomic mass is 10.1. The molecule has 8 rings (SSSR count). The fourth-order valence-corrected chi connectivity index (χ4v) is 7.13. The highest BCUT2D eigenvalue weighted by Gasteiger charge is 2.33. The van der Waals surface area contributed by atoms with Crippen molar-refractivity contribution in [1.29, 1.82) is 0 Å². The molecule has 15 nitrogen and oxygen atoms in total. The third-order valence-corrected chi connectivity index (χ3v) is 10.4. The molecule has 0 bridgehead atoms. The maximum atomic E-state index is 13.4. The number of ether oxygens (including phenoxy) is 2. The Hall–Kier alpha value is -9.05. The number of rotatable bonds is 14. The number of carbonyl (C=O) groups is 1. The predicted octanol–water partition coefficient (Wildman–Crippen LogP) is 9.80. The molecule has 0 saturated carbocycles. The minimum absolute atomic E-state index is 0.0284. The third kappa shape index (κ3) is 12.2. The van der Waals surface area contributed by atoms with Crippen LogP contribution in [0.15, 0.2) is 122 Å². The molecule has 1 amide bonds. The maximum Gasteiger partial charge on any atom is 0.433 e. The standard InChI is InChI=1S/C51H38F6N10O5/c1-3-6-46(69)63-34-8-14-40-38(23-34)48(61-28-60-40)66-33-11-17-43(72-37-13-19-45(59-26-37)51(55,56)57)31(22-33)27-67-29-62-49(39-24-35(9-15-41(39)67)64-47(70)7-4-5-20-68)65-32-10-16-42(30(2)21-32)71-36-12-18-44(58-25-36)50(52,53)54/h8-19,21-26,28-29,47,64,68,70H,5,20,27H2,1-2H3,(H2,60,61,63,66,69)/p+1. The Morgan fingerprint density at radius 2 is 1.35 bits per heavy atom. The number of amides is 1. The van der Waals surface area contributed by atoms with Gasteiger partial charge in [0.1, 0.15) is 58.6 Å². The van der Waals surface area contributed by atoms with E-state index in [9.17, 15) is 36.2 Å². The zero-order valence-electron chi connectivity index (χ0n) is 37.8. The van der Waals surface area contributed by atoms with Gasteiger partial charge in [-0.15, -0.1) is 0 Å². The van der Waals surface area contributed by atoms with Crippen LogP contribution in [0.25, 0.3) is 21.8 Å². The van der Waals surface area contributed by atoms with Gasteiger partial charge in [0, 0.05) is 40.1 Å². The number of fused-ring (bicyclic) bond motifs is 2. The first-order chi connectivity index (χ1) is 34.5. The van der Waals surface area contributed by atoms with E-state index in [1.165, 1.54) is 12.4 Å². The number of carbonyl (C=O) groups excluding carboxylic acids is 1. The fraction of sp³-hybridized carbons (Fsp3) is 0.157. The number of benzene rings is 4. The van der Waals surface area contributed by atoms with Gasteiger partial charge in [-0.05, 0) is 133 Å². The molecule has 0 aliphatic heterocycles. The molecule has 0 spiro atoms. The van der Waals surface area contributed by atoms with E-state index in [-0.39, 0.29) is 36.8 Å². The van der Waals surface area contributed by atoms with E-state index in [0.29, 0.717) is 73.1 Å². The molecule has 0 fully saturated rings. The lowest BCUT2D eigenvalue weighted by Gasteiger charge is -2.16. The number of alkyl halides is 6. The minimum atomic E-state index is -4.67. The van der Waals surface area contributed by atoms with Crippen molar-refractivity contribution in [1.82, 2.24) is 24.9 Å². The third-order valence-electron chi connectivity index (χ3n) is 10.4. The summed E-state index contributed by atoms with van der Waals surface area (Å²) in [6.45, 7) is 3.18. The number of nitrogens with zero attached hydrogens (tertiary/aromatic N) is 6. The van der Waals surface area contributed by atoms with Crippen molar-refractivity contribution in [3.8, 4) is 46.7 Å². The second-order valence-corrected chi connectivity index (χ2v) is 15.6. The van der Waals surface area contributed by atoms with Gasteiger partial charge in [-0.25, -0.2) is 24.5 Å². The number of aryl methyl sites for hydroxylation is 1. The number of hydrogen-bond donors (Lipinski definition) is 6. The highest BCUT2D eigenvalue weighted by Crippen LogP contribution is 2.36. The lowest BCUT2D eigenvalue weighted by molar-refractivity contribution is -0.665. The van der Waals surface area contributed by atoms with Crippen LogP contribution in [0.5, 0.6) is 23.0 Å². The van der Waals surface area contributed by atoms with Crippen LogP contribution in [0.4, 0.5) is 60.7 Å². The van der Waals surface area contributed by atoms with E-state index < -0.39 is 35.9 Å². The molecule has 4 aromatic carbocycles. The summed E-state index contributed by atoms with van der Waals surface area (Å²) in [6, 6.07) is 24.4. The van der Waals surface area contributed by atoms with Crippen LogP contribution < -0.4 is 35.3 Å². The van der Waals surface area contributed by atoms with Crippen LogP contribution in [0.2, 0.25) is 0 Å². The normalized spacial score (nSPS) is 11.7. The van der Waals surface area contributed by atoms with Crippen LogP contribution in [0, 0.1) is 30.6 Å². The van der Waals surface area contributed by atoms with Crippen molar-refractivity contribution in [2.75, 3.05) is 27.9 Å². The number of pyridine rings is 2. The molecule has 4 aromatic heterocycles. The molecular formula is C51H39F6N10O5+. The molecule has 4 heterocycles. The molecule has 8 aromatic rings. The van der Waals surface area contributed by atoms with Gasteiger partial charge in [-0.1, -0.05) is 11.8 Å². The summed E-state index contributed by atoms with van der Waals surface area (Å²) in [5, 5.41) is 33.2. The zero-order chi connectivity index (χ0) is 51.0. The Kier molecular flexibility index (Phi) is 14.6. The first kappa shape index (κ1) is 49.4. The zero-order valence-corrected chi connectivity index (χ0v) is 37.8. The quantitative estimate of drug-likeness (QED) is 0.0261. The fourth-order valence-electron chi connectivity index (χ4n) is 7.13. The first-order valence-electron chi connectivity index (χ1n) is 21.6. The van der Waals surface area contributed by atoms with E-state index in [4.69, 9.17) is 19.6 Å². The monoisotopic (exact) mass is 985 g/mol. The van der Waals surface area contributed by atoms with Gasteiger partial charge < -0.3 is 41.0 Å². The summed E-state index contributed by atoms with van der Waals surface area (Å²) in [4.78, 5) is 32.9. The van der Waals surface area contributed by atoms with Crippen LogP contribution in [-0.4, -0.2) is 53.9 Å². The Bertz CT molecular complexity index is 3430. The highest BCUT2D eigenvalue weighted by molar-refractivity contribution is 6.05. The lowest BCUT2D eigenvalue weighted by Crippen LogP contribution is -2.36. The second kappa shape index (κ2) is 21.3. The molecule has 72 heavy (non-hydrogen) atoms. The van der Waals surface area contributed by atoms with Crippen molar-refractivity contribution < 1.29 is 55.4 Å². The summed E-state index contributed by atoms with van der Waals surface area (Å²) in [5.74, 6) is 11.3. The molecule has 1 atom stereocenters. The van der Waals surface area contributed by atoms with Crippen LogP contribution in [-0.2, 0) is 23.7 Å². The molecule has 0 aliphatic carbocycles. The number of nitrogens with one attached hydrogen (secondary N) is 4. The summed E-state index contributed by atoms with van der Waals surface area (Å²) in [6.07, 6.45) is -5.52. The van der Waals surface area contributed by atoms with Gasteiger partial charge in [0.25, 0.3) is 18.1 Å². The molecule has 0 saturated heterocycles. The molecule has 0 aliphatic rings. The molecule has 0 radical (unpaired) electrons. The molecule has 364 valence electrons. The van der Waals surface area contributed by atoms with E-state index in [1.807, 2.05) is 0 Å². The Morgan fingerprint density at radius 3 is 1.99 bits per heavy atom. The second-order valence-electron chi connectivity index (χ2n) is 15.6. The van der Waals surface area contributed by atoms with Gasteiger partial charge >= 0.3 is 12.4 Å². The van der Waals surface area contributed by atoms with Gasteiger partial charge in [-0.2, -0.15) is 26.3 Å². The van der Waals surface area contributed by atoms with Crippen molar-refractivity contribution in [2.45, 2.75) is 45.4 Å². The summed E-state index contributed by atoms with van der Waals surface area (Å²) in [7, 11) is 0. The molecular weight excluding hydrogens is 947 g/mol. The van der Waals surface area contributed by atoms with Crippen LogP contribution in [0.3, 0.4) is 0 Å². The van der Waals surface area contributed by atoms with E-state index >= 15 is 0 Å². The highest BCUT2D eigenvalue weighted by atomic mass is 19.4. The predicted molar refractivity (Wildman–Crippen MR) is 255 cm³/mol. The van der Waals surface area contributed by atoms with Crippen molar-refractivity contribution in [3.63, 3.8) is 0 Å². The number of hydrogen-bond acceptors (Lipinski definition) is 13. The Balaban J connectivity index is 1.16. The average molecular weight is 986 g/mol. The molecule has 1 unspecified atom stereocenters. The Morgan fingerprint density at radius 1 is 0.722 bits per heavy atom. The van der Waals surface area contributed by atoms with Gasteiger partial charge in [0.15, 0.2) is 6.23 Å². The number of halogens is 6. The van der Waals surface area contributed by atoms with Crippen molar-refractivity contribution >= 4 is 62.1 Å². The summed E-state index contributed by atoms with van der Waals surface area (Å²) >= 11 is 0. The van der Waals surface area contributed by atoms with Crippen molar-refractivity contribution in [3.05, 3.63) is 145 Å². The molecule has 21 heteroatoms. The maximum absolute atomic E-state index is 13.4. The summed E-state index contributed by atoms with van der Waals surface area (Å²) < 4.78 is 93.4. The van der Waals surface area contributed by atoms with Gasteiger partial charge in [0.05, 0.1) is 29.9 Å². The largest absolute Gasteiger partial charge is 0.455 e. The molecule has 6 N–H and O–H groups in total. The van der Waals surface area contributed by atoms with Crippen LogP contribution in [0.1, 0.15) is 35.9 Å². The Labute approximate surface area is 406 Å².